The topological polar surface area (TPSA) is 82.2 Å². The van der Waals surface area contributed by atoms with E-state index < -0.39 is 35.8 Å². The quantitative estimate of drug-likeness (QED) is 0.901. The molecule has 0 atom stereocenters. The highest BCUT2D eigenvalue weighted by Crippen LogP contribution is 2.32. The van der Waals surface area contributed by atoms with Crippen LogP contribution in [0.5, 0.6) is 5.75 Å². The van der Waals surface area contributed by atoms with Gasteiger partial charge in [-0.25, -0.2) is 9.18 Å². The first kappa shape index (κ1) is 11.4. The first-order chi connectivity index (χ1) is 11.6. The molecule has 2 rings (SSSR count). The van der Waals surface area contributed by atoms with Crippen LogP contribution in [-0.2, 0) is 12.5 Å². The number of tetrazole rings is 1. The van der Waals surface area contributed by atoms with Gasteiger partial charge in [0.15, 0.2) is 0 Å². The Hall–Kier alpha value is -2.22. The van der Waals surface area contributed by atoms with Gasteiger partial charge in [0.2, 0.25) is 0 Å². The second-order valence-electron chi connectivity index (χ2n) is 5.66. The predicted octanol–water partition coefficient (Wildman–Crippen LogP) is 0.774. The fourth-order valence-corrected chi connectivity index (χ4v) is 1.91. The average Bonchev–Trinajstić information content (AvgIpc) is 2.76. The van der Waals surface area contributed by atoms with Crippen molar-refractivity contribution in [2.24, 2.45) is 7.05 Å². The standard InChI is InChI=1S/C14H19FN4O3/c1-14(2,3)9-7-11(19-13(21)18(4)16-17-19)12(8-10(9)15)22-6-5-20/h7-8,20H,5-6H2,1-4H3/i5D2,6D2. The van der Waals surface area contributed by atoms with Crippen molar-refractivity contribution >= 4 is 0 Å². The molecule has 0 unspecified atom stereocenters. The minimum absolute atomic E-state index is 0.137. The molecular weight excluding hydrogens is 291 g/mol. The molecule has 1 aromatic carbocycles. The van der Waals surface area contributed by atoms with Crippen LogP contribution >= 0.6 is 0 Å². The Morgan fingerprint density at radius 3 is 2.59 bits per heavy atom. The van der Waals surface area contributed by atoms with Crippen LogP contribution in [0.4, 0.5) is 4.39 Å². The van der Waals surface area contributed by atoms with Crippen LogP contribution in [0.15, 0.2) is 16.9 Å². The molecular formula is C14H19FN4O3. The van der Waals surface area contributed by atoms with Gasteiger partial charge in [0.05, 0.1) is 12.0 Å². The molecule has 0 aliphatic rings. The smallest absolute Gasteiger partial charge is 0.368 e. The van der Waals surface area contributed by atoms with Crippen molar-refractivity contribution in [3.63, 3.8) is 0 Å². The molecule has 2 aromatic rings. The monoisotopic (exact) mass is 314 g/mol. The van der Waals surface area contributed by atoms with Gasteiger partial charge >= 0.3 is 5.69 Å². The lowest BCUT2D eigenvalue weighted by Gasteiger charge is -2.22. The Balaban J connectivity index is 2.73. The number of aliphatic hydroxyl groups is 1. The number of nitrogens with zero attached hydrogens (tertiary/aromatic N) is 4. The van der Waals surface area contributed by atoms with Gasteiger partial charge in [0.1, 0.15) is 23.8 Å². The summed E-state index contributed by atoms with van der Waals surface area (Å²) in [6.07, 6.45) is 0. The fourth-order valence-electron chi connectivity index (χ4n) is 1.91. The summed E-state index contributed by atoms with van der Waals surface area (Å²) in [6, 6.07) is 2.07. The van der Waals surface area contributed by atoms with Crippen LogP contribution in [0.3, 0.4) is 0 Å². The van der Waals surface area contributed by atoms with Crippen LogP contribution in [0.1, 0.15) is 31.8 Å². The first-order valence-electron chi connectivity index (χ1n) is 8.40. The third kappa shape index (κ3) is 3.01. The molecule has 0 spiro atoms. The number of hydrogen-bond acceptors (Lipinski definition) is 5. The maximum atomic E-state index is 14.5. The molecule has 1 N–H and O–H groups in total. The molecule has 1 heterocycles. The summed E-state index contributed by atoms with van der Waals surface area (Å²) in [6.45, 7) is -1.39. The Kier molecular flexibility index (Phi) is 3.04. The minimum Gasteiger partial charge on any atom is -0.489 e. The molecule has 120 valence electrons. The van der Waals surface area contributed by atoms with Crippen LogP contribution in [0.2, 0.25) is 0 Å². The second kappa shape index (κ2) is 5.88. The van der Waals surface area contributed by atoms with E-state index in [0.717, 1.165) is 15.4 Å². The maximum absolute atomic E-state index is 14.5. The van der Waals surface area contributed by atoms with Crippen LogP contribution < -0.4 is 10.4 Å². The summed E-state index contributed by atoms with van der Waals surface area (Å²) in [5, 5.41) is 16.5. The van der Waals surface area contributed by atoms with E-state index in [1.54, 1.807) is 20.8 Å². The van der Waals surface area contributed by atoms with E-state index in [1.807, 2.05) is 0 Å². The lowest BCUT2D eigenvalue weighted by Crippen LogP contribution is -2.24. The van der Waals surface area contributed by atoms with Crippen molar-refractivity contribution in [1.82, 2.24) is 19.8 Å². The zero-order valence-corrected chi connectivity index (χ0v) is 12.6. The van der Waals surface area contributed by atoms with Gasteiger partial charge in [-0.1, -0.05) is 20.8 Å². The van der Waals surface area contributed by atoms with E-state index in [0.29, 0.717) is 0 Å². The highest BCUT2D eigenvalue weighted by atomic mass is 19.1. The average molecular weight is 314 g/mol. The van der Waals surface area contributed by atoms with E-state index in [1.165, 1.54) is 13.1 Å². The number of halogens is 1. The van der Waals surface area contributed by atoms with E-state index >= 15 is 0 Å². The van der Waals surface area contributed by atoms with Crippen molar-refractivity contribution < 1.29 is 19.7 Å². The van der Waals surface area contributed by atoms with Crippen molar-refractivity contribution in [1.29, 1.82) is 0 Å². The summed E-state index contributed by atoms with van der Waals surface area (Å²) < 4.78 is 50.5. The van der Waals surface area contributed by atoms with Gasteiger partial charge in [-0.15, -0.1) is 0 Å². The summed E-state index contributed by atoms with van der Waals surface area (Å²) in [4.78, 5) is 12.2. The minimum atomic E-state index is -3.38. The Labute approximate surface area is 132 Å². The van der Waals surface area contributed by atoms with Crippen molar-refractivity contribution in [2.75, 3.05) is 13.1 Å². The van der Waals surface area contributed by atoms with E-state index in [-0.39, 0.29) is 11.3 Å². The van der Waals surface area contributed by atoms with Gasteiger partial charge < -0.3 is 9.84 Å². The molecule has 0 fully saturated rings. The lowest BCUT2D eigenvalue weighted by molar-refractivity contribution is 0.200. The van der Waals surface area contributed by atoms with Crippen molar-refractivity contribution in [3.8, 4) is 11.4 Å². The van der Waals surface area contributed by atoms with Gasteiger partial charge in [0.25, 0.3) is 0 Å². The van der Waals surface area contributed by atoms with Gasteiger partial charge in [-0.3, -0.25) is 0 Å². The molecule has 0 bridgehead atoms. The number of aromatic nitrogens is 4. The summed E-state index contributed by atoms with van der Waals surface area (Å²) in [5.41, 5.74) is -1.30. The van der Waals surface area contributed by atoms with Crippen LogP contribution in [0, 0.1) is 5.82 Å². The Morgan fingerprint density at radius 2 is 2.09 bits per heavy atom. The highest BCUT2D eigenvalue weighted by molar-refractivity contribution is 5.50. The molecule has 0 saturated heterocycles. The van der Waals surface area contributed by atoms with Gasteiger partial charge in [0, 0.05) is 13.1 Å². The first-order valence-corrected chi connectivity index (χ1v) is 6.40. The van der Waals surface area contributed by atoms with Crippen molar-refractivity contribution in [2.45, 2.75) is 26.2 Å². The lowest BCUT2D eigenvalue weighted by atomic mass is 9.86. The summed E-state index contributed by atoms with van der Waals surface area (Å²) >= 11 is 0. The Bertz CT molecular complexity index is 884. The fraction of sp³-hybridized carbons (Fsp3) is 0.500. The third-order valence-corrected chi connectivity index (χ3v) is 3.01. The normalized spacial score (nSPS) is 15.7. The largest absolute Gasteiger partial charge is 0.489 e. The zero-order chi connectivity index (χ0) is 20.1. The van der Waals surface area contributed by atoms with E-state index in [2.05, 4.69) is 10.4 Å². The predicted molar refractivity (Wildman–Crippen MR) is 77.8 cm³/mol. The SMILES string of the molecule is [2H]C([2H])(O)C([2H])([2H])Oc1cc(F)c(C(C)(C)C)cc1-n1nnn(C)c1=O. The molecule has 0 saturated carbocycles. The highest BCUT2D eigenvalue weighted by Gasteiger charge is 2.23. The summed E-state index contributed by atoms with van der Waals surface area (Å²) in [7, 11) is 1.34. The number of aryl methyl sites for hydroxylation is 1. The number of rotatable bonds is 4. The summed E-state index contributed by atoms with van der Waals surface area (Å²) in [5.74, 6) is -1.26. The second-order valence-corrected chi connectivity index (χ2v) is 5.66. The molecule has 22 heavy (non-hydrogen) atoms. The molecule has 0 amide bonds. The molecule has 0 radical (unpaired) electrons. The maximum Gasteiger partial charge on any atom is 0.368 e. The van der Waals surface area contributed by atoms with E-state index in [4.69, 9.17) is 10.2 Å². The molecule has 1 aromatic heterocycles. The van der Waals surface area contributed by atoms with Gasteiger partial charge in [-0.05, 0) is 27.5 Å². The molecule has 8 heteroatoms. The molecule has 7 nitrogen and oxygen atoms in total. The van der Waals surface area contributed by atoms with Crippen LogP contribution in [-0.4, -0.2) is 38.0 Å². The number of benzene rings is 1. The van der Waals surface area contributed by atoms with Gasteiger partial charge in [-0.2, -0.15) is 9.36 Å². The molecule has 0 aliphatic carbocycles. The third-order valence-electron chi connectivity index (χ3n) is 3.01. The van der Waals surface area contributed by atoms with Crippen LogP contribution in [0.25, 0.3) is 5.69 Å². The zero-order valence-electron chi connectivity index (χ0n) is 16.6. The number of hydrogen-bond donors (Lipinski definition) is 1. The van der Waals surface area contributed by atoms with Crippen molar-refractivity contribution in [3.05, 3.63) is 34.0 Å². The van der Waals surface area contributed by atoms with E-state index in [9.17, 15) is 14.3 Å². The molecule has 0 aliphatic heterocycles. The Morgan fingerprint density at radius 1 is 1.41 bits per heavy atom. The number of ether oxygens (including phenoxy) is 1.